The molecule has 0 aliphatic carbocycles. The molecule has 1 aliphatic heterocycles. The van der Waals surface area contributed by atoms with Crippen molar-refractivity contribution in [1.29, 1.82) is 0 Å². The van der Waals surface area contributed by atoms with Crippen molar-refractivity contribution in [2.24, 2.45) is 5.73 Å². The maximum atomic E-state index is 12.8. The van der Waals surface area contributed by atoms with E-state index < -0.39 is 0 Å². The molecule has 8 heteroatoms. The number of carbonyl (C=O) groups is 1. The van der Waals surface area contributed by atoms with E-state index in [1.165, 1.54) is 0 Å². The minimum absolute atomic E-state index is 0.188. The van der Waals surface area contributed by atoms with Crippen molar-refractivity contribution in [3.63, 3.8) is 0 Å². The van der Waals surface area contributed by atoms with E-state index in [9.17, 15) is 4.79 Å². The maximum absolute atomic E-state index is 12.8. The summed E-state index contributed by atoms with van der Waals surface area (Å²) in [6.07, 6.45) is 5.36. The summed E-state index contributed by atoms with van der Waals surface area (Å²) < 4.78 is 1.93. The Morgan fingerprint density at radius 1 is 1.30 bits per heavy atom. The highest BCUT2D eigenvalue weighted by molar-refractivity contribution is 6.43. The van der Waals surface area contributed by atoms with E-state index in [2.05, 4.69) is 16.8 Å². The van der Waals surface area contributed by atoms with Crippen molar-refractivity contribution in [1.82, 2.24) is 19.7 Å². The Labute approximate surface area is 167 Å². The fourth-order valence-corrected chi connectivity index (χ4v) is 3.23. The normalized spacial score (nSPS) is 14.9. The van der Waals surface area contributed by atoms with Crippen LogP contribution in [-0.2, 0) is 13.1 Å². The average Bonchev–Trinajstić information content (AvgIpc) is 3.10. The number of fused-ring (bicyclic) bond motifs is 1. The Bertz CT molecular complexity index is 961. The van der Waals surface area contributed by atoms with Crippen LogP contribution in [0.15, 0.2) is 48.6 Å². The van der Waals surface area contributed by atoms with Gasteiger partial charge in [0.05, 0.1) is 27.9 Å². The molecular weight excluding hydrogens is 385 g/mol. The molecule has 27 heavy (non-hydrogen) atoms. The zero-order valence-corrected chi connectivity index (χ0v) is 16.3. The molecule has 0 spiro atoms. The molecule has 0 unspecified atom stereocenters. The number of nitrogens with zero attached hydrogens (tertiary/aromatic N) is 4. The molecule has 0 atom stereocenters. The monoisotopic (exact) mass is 403 g/mol. The molecule has 2 aromatic rings. The molecule has 2 heterocycles. The molecule has 6 nitrogen and oxygen atoms in total. The van der Waals surface area contributed by atoms with Gasteiger partial charge < -0.3 is 15.2 Å². The molecule has 3 rings (SSSR count). The lowest BCUT2D eigenvalue weighted by atomic mass is 10.1. The number of aromatic nitrogens is 3. The molecule has 0 fully saturated rings. The Morgan fingerprint density at radius 2 is 2.07 bits per heavy atom. The molecule has 1 aliphatic rings. The van der Waals surface area contributed by atoms with Gasteiger partial charge in [0.15, 0.2) is 11.6 Å². The van der Waals surface area contributed by atoms with Crippen LogP contribution >= 0.6 is 23.2 Å². The first-order valence-electron chi connectivity index (χ1n) is 8.35. The summed E-state index contributed by atoms with van der Waals surface area (Å²) >= 11 is 12.2. The van der Waals surface area contributed by atoms with Crippen molar-refractivity contribution < 1.29 is 4.79 Å². The van der Waals surface area contributed by atoms with Crippen LogP contribution in [0.4, 0.5) is 0 Å². The lowest BCUT2D eigenvalue weighted by Crippen LogP contribution is -2.39. The van der Waals surface area contributed by atoms with Crippen molar-refractivity contribution in [3.05, 3.63) is 75.8 Å². The SMILES string of the molecule is C=C/C=C\C(C)=C(/N)c1nnc2n1CCN(C(=O)c1cccc(Cl)c1Cl)C2. The van der Waals surface area contributed by atoms with E-state index >= 15 is 0 Å². The van der Waals surface area contributed by atoms with Gasteiger partial charge in [-0.2, -0.15) is 0 Å². The Hall–Kier alpha value is -2.57. The van der Waals surface area contributed by atoms with Gasteiger partial charge in [0.2, 0.25) is 0 Å². The summed E-state index contributed by atoms with van der Waals surface area (Å²) in [5, 5.41) is 9.03. The average molecular weight is 404 g/mol. The summed E-state index contributed by atoms with van der Waals surface area (Å²) in [6.45, 7) is 6.91. The first kappa shape index (κ1) is 19.2. The highest BCUT2D eigenvalue weighted by atomic mass is 35.5. The second-order valence-corrected chi connectivity index (χ2v) is 6.90. The smallest absolute Gasteiger partial charge is 0.255 e. The topological polar surface area (TPSA) is 77.0 Å². The number of benzene rings is 1. The fraction of sp³-hybridized carbons (Fsp3) is 0.211. The highest BCUT2D eigenvalue weighted by Gasteiger charge is 2.27. The molecule has 0 saturated carbocycles. The van der Waals surface area contributed by atoms with Crippen molar-refractivity contribution in [2.75, 3.05) is 6.54 Å². The number of hydrogen-bond donors (Lipinski definition) is 1. The van der Waals surface area contributed by atoms with Crippen LogP contribution in [-0.4, -0.2) is 32.1 Å². The second-order valence-electron chi connectivity index (χ2n) is 6.11. The Balaban J connectivity index is 1.85. The molecule has 1 aromatic carbocycles. The van der Waals surface area contributed by atoms with Gasteiger partial charge in [0, 0.05) is 13.1 Å². The van der Waals surface area contributed by atoms with Gasteiger partial charge in [-0.25, -0.2) is 0 Å². The third-order valence-corrected chi connectivity index (χ3v) is 5.19. The highest BCUT2D eigenvalue weighted by Crippen LogP contribution is 2.28. The standard InChI is InChI=1S/C19H19Cl2N5O/c1-3-4-6-12(2)17(22)18-24-23-15-11-25(9-10-26(15)18)19(27)13-7-5-8-14(20)16(13)21/h3-8H,1,9-11,22H2,2H3/b6-4-,17-12-. The minimum Gasteiger partial charge on any atom is -0.395 e. The summed E-state index contributed by atoms with van der Waals surface area (Å²) in [5.74, 6) is 1.09. The molecular formula is C19H19Cl2N5O. The van der Waals surface area contributed by atoms with Gasteiger partial charge >= 0.3 is 0 Å². The van der Waals surface area contributed by atoms with Crippen molar-refractivity contribution in [2.45, 2.75) is 20.0 Å². The number of amides is 1. The van der Waals surface area contributed by atoms with Gasteiger partial charge in [-0.05, 0) is 24.6 Å². The van der Waals surface area contributed by atoms with E-state index in [-0.39, 0.29) is 10.9 Å². The first-order valence-corrected chi connectivity index (χ1v) is 9.10. The summed E-state index contributed by atoms with van der Waals surface area (Å²) in [5.41, 5.74) is 8.02. The maximum Gasteiger partial charge on any atom is 0.255 e. The van der Waals surface area contributed by atoms with Gasteiger partial charge in [-0.3, -0.25) is 4.79 Å². The Kier molecular flexibility index (Phi) is 5.68. The number of rotatable bonds is 4. The summed E-state index contributed by atoms with van der Waals surface area (Å²) in [6, 6.07) is 5.02. The van der Waals surface area contributed by atoms with Crippen LogP contribution in [0.5, 0.6) is 0 Å². The molecule has 1 aromatic heterocycles. The third-order valence-electron chi connectivity index (χ3n) is 4.37. The van der Waals surface area contributed by atoms with E-state index in [0.717, 1.165) is 5.57 Å². The zero-order chi connectivity index (χ0) is 19.6. The van der Waals surface area contributed by atoms with Crippen LogP contribution in [0, 0.1) is 0 Å². The Morgan fingerprint density at radius 3 is 2.81 bits per heavy atom. The van der Waals surface area contributed by atoms with Gasteiger partial charge in [-0.1, -0.05) is 54.1 Å². The molecule has 1 amide bonds. The van der Waals surface area contributed by atoms with Gasteiger partial charge in [0.25, 0.3) is 5.91 Å². The number of allylic oxidation sites excluding steroid dienone is 4. The zero-order valence-electron chi connectivity index (χ0n) is 14.8. The fourth-order valence-electron chi connectivity index (χ4n) is 2.85. The second kappa shape index (κ2) is 7.98. The predicted molar refractivity (Wildman–Crippen MR) is 107 cm³/mol. The van der Waals surface area contributed by atoms with Crippen molar-refractivity contribution >= 4 is 34.8 Å². The van der Waals surface area contributed by atoms with Crippen LogP contribution in [0.1, 0.15) is 28.9 Å². The lowest BCUT2D eigenvalue weighted by Gasteiger charge is -2.28. The molecule has 0 saturated heterocycles. The van der Waals surface area contributed by atoms with E-state index in [0.29, 0.717) is 47.6 Å². The number of hydrogen-bond acceptors (Lipinski definition) is 4. The molecule has 0 radical (unpaired) electrons. The van der Waals surface area contributed by atoms with E-state index in [1.54, 1.807) is 29.2 Å². The van der Waals surface area contributed by atoms with Crippen LogP contribution in [0.2, 0.25) is 10.0 Å². The van der Waals surface area contributed by atoms with Crippen molar-refractivity contribution in [3.8, 4) is 0 Å². The quantitative estimate of drug-likeness (QED) is 0.789. The van der Waals surface area contributed by atoms with Crippen LogP contribution in [0.25, 0.3) is 5.70 Å². The number of halogens is 2. The van der Waals surface area contributed by atoms with Gasteiger partial charge in [-0.15, -0.1) is 10.2 Å². The molecule has 0 bridgehead atoms. The largest absolute Gasteiger partial charge is 0.395 e. The predicted octanol–water partition coefficient (Wildman–Crippen LogP) is 3.67. The van der Waals surface area contributed by atoms with Crippen LogP contribution < -0.4 is 5.73 Å². The van der Waals surface area contributed by atoms with Crippen LogP contribution in [0.3, 0.4) is 0 Å². The molecule has 140 valence electrons. The van der Waals surface area contributed by atoms with Gasteiger partial charge in [0.1, 0.15) is 0 Å². The van der Waals surface area contributed by atoms with E-state index in [4.69, 9.17) is 28.9 Å². The molecule has 2 N–H and O–H groups in total. The summed E-state index contributed by atoms with van der Waals surface area (Å²) in [7, 11) is 0. The third kappa shape index (κ3) is 3.77. The lowest BCUT2D eigenvalue weighted by molar-refractivity contribution is 0.0707. The minimum atomic E-state index is -0.188. The van der Waals surface area contributed by atoms with E-state index in [1.807, 2.05) is 23.6 Å². The number of nitrogens with two attached hydrogens (primary N) is 1. The first-order chi connectivity index (χ1) is 12.9. The summed E-state index contributed by atoms with van der Waals surface area (Å²) in [4.78, 5) is 14.5. The number of carbonyl (C=O) groups excluding carboxylic acids is 1.